The molecule has 2 aromatic rings. The first-order valence-corrected chi connectivity index (χ1v) is 15.1. The van der Waals surface area contributed by atoms with Crippen LogP contribution in [0.5, 0.6) is 0 Å². The van der Waals surface area contributed by atoms with Crippen LogP contribution in [0.15, 0.2) is 60.7 Å². The number of nitrogens with zero attached hydrogens (tertiary/aromatic N) is 1. The second kappa shape index (κ2) is 7.28. The molecule has 0 spiro atoms. The fraction of sp³-hybridized carbons (Fsp3) is 0.333. The summed E-state index contributed by atoms with van der Waals surface area (Å²) < 4.78 is 4.61. The zero-order chi connectivity index (χ0) is 14.4. The normalized spacial score (nSPS) is 11.8. The van der Waals surface area contributed by atoms with Crippen molar-refractivity contribution in [2.45, 2.75) is 15.8 Å². The third-order valence-corrected chi connectivity index (χ3v) is 17.1. The first kappa shape index (κ1) is 15.6. The molecular weight excluding hydrogens is 349 g/mol. The van der Waals surface area contributed by atoms with Gasteiger partial charge in [-0.1, -0.05) is 0 Å². The first-order valence-electron chi connectivity index (χ1n) is 7.39. The molecule has 0 amide bonds. The van der Waals surface area contributed by atoms with E-state index < -0.39 is 18.4 Å². The third kappa shape index (κ3) is 3.86. The van der Waals surface area contributed by atoms with Crippen LogP contribution in [0.3, 0.4) is 0 Å². The standard InChI is InChI=1S/2C6H5.C5H12N.CH3.Sn/c2*1-2-4-6-5-3-1;1-4-5-6(2)3;;/h2*1-5H;1,4-5H2,2-3H3;1H3;. The van der Waals surface area contributed by atoms with Crippen molar-refractivity contribution < 1.29 is 0 Å². The topological polar surface area (TPSA) is 3.24 Å². The second-order valence-corrected chi connectivity index (χ2v) is 18.3. The Bertz CT molecular complexity index is 468. The molecule has 0 aromatic heterocycles. The second-order valence-electron chi connectivity index (χ2n) is 5.97. The monoisotopic (exact) mass is 375 g/mol. The molecule has 0 saturated heterocycles. The molecular formula is C18H25NSn. The fourth-order valence-electron chi connectivity index (χ4n) is 2.82. The van der Waals surface area contributed by atoms with Crippen molar-refractivity contribution in [3.63, 3.8) is 0 Å². The maximum atomic E-state index is 2.58. The summed E-state index contributed by atoms with van der Waals surface area (Å²) in [5, 5.41) is 0. The minimum atomic E-state index is -2.46. The average Bonchev–Trinajstić information content (AvgIpc) is 2.48. The van der Waals surface area contributed by atoms with Gasteiger partial charge in [0.1, 0.15) is 0 Å². The molecule has 0 fully saturated rings. The summed E-state index contributed by atoms with van der Waals surface area (Å²) in [4.78, 5) is 4.87. The van der Waals surface area contributed by atoms with Gasteiger partial charge in [-0.2, -0.15) is 0 Å². The van der Waals surface area contributed by atoms with Gasteiger partial charge in [-0.25, -0.2) is 0 Å². The van der Waals surface area contributed by atoms with Crippen molar-refractivity contribution in [3.05, 3.63) is 60.7 Å². The molecule has 0 aliphatic carbocycles. The van der Waals surface area contributed by atoms with Gasteiger partial charge in [0.2, 0.25) is 0 Å². The molecule has 0 atom stereocenters. The van der Waals surface area contributed by atoms with Crippen LogP contribution in [-0.4, -0.2) is 43.9 Å². The van der Waals surface area contributed by atoms with E-state index in [0.29, 0.717) is 0 Å². The van der Waals surface area contributed by atoms with E-state index in [9.17, 15) is 0 Å². The van der Waals surface area contributed by atoms with Gasteiger partial charge in [-0.3, -0.25) is 0 Å². The summed E-state index contributed by atoms with van der Waals surface area (Å²) in [6, 6.07) is 22.4. The number of hydrogen-bond donors (Lipinski definition) is 0. The van der Waals surface area contributed by atoms with Crippen LogP contribution < -0.4 is 7.16 Å². The molecule has 2 rings (SSSR count). The molecule has 1 nitrogen and oxygen atoms in total. The summed E-state index contributed by atoms with van der Waals surface area (Å²) in [5.74, 6) is 0. The number of rotatable bonds is 6. The molecule has 0 aliphatic heterocycles. The summed E-state index contributed by atoms with van der Waals surface area (Å²) in [5.41, 5.74) is 0. The Morgan fingerprint density at radius 1 is 0.800 bits per heavy atom. The quantitative estimate of drug-likeness (QED) is 0.704. The molecule has 0 heterocycles. The maximum absolute atomic E-state index is 2.58. The molecule has 0 bridgehead atoms. The van der Waals surface area contributed by atoms with Crippen molar-refractivity contribution in [1.29, 1.82) is 0 Å². The summed E-state index contributed by atoms with van der Waals surface area (Å²) in [6.07, 6.45) is 1.30. The van der Waals surface area contributed by atoms with Crippen LogP contribution >= 0.6 is 0 Å². The first-order chi connectivity index (χ1) is 9.63. The van der Waals surface area contributed by atoms with Crippen molar-refractivity contribution in [2.75, 3.05) is 20.6 Å². The van der Waals surface area contributed by atoms with E-state index in [0.717, 1.165) is 0 Å². The van der Waals surface area contributed by atoms with Gasteiger partial charge in [0.25, 0.3) is 0 Å². The summed E-state index contributed by atoms with van der Waals surface area (Å²) >= 11 is -2.46. The summed E-state index contributed by atoms with van der Waals surface area (Å²) in [7, 11) is 4.33. The minimum absolute atomic E-state index is 1.19. The molecule has 0 saturated carbocycles. The van der Waals surface area contributed by atoms with Gasteiger partial charge in [0, 0.05) is 0 Å². The van der Waals surface area contributed by atoms with Crippen molar-refractivity contribution in [3.8, 4) is 0 Å². The van der Waals surface area contributed by atoms with Gasteiger partial charge in [0.15, 0.2) is 0 Å². The van der Waals surface area contributed by atoms with E-state index in [4.69, 9.17) is 0 Å². The Hall–Kier alpha value is -0.801. The molecule has 20 heavy (non-hydrogen) atoms. The van der Waals surface area contributed by atoms with Gasteiger partial charge in [-0.05, 0) is 0 Å². The number of hydrogen-bond acceptors (Lipinski definition) is 1. The molecule has 0 aliphatic rings. The molecule has 106 valence electrons. The molecule has 2 heteroatoms. The SMILES string of the molecule is CN(C)CC[CH2][Sn]([CH3])([c]1ccccc1)[c]1ccccc1. The van der Waals surface area contributed by atoms with E-state index in [1.165, 1.54) is 17.4 Å². The zero-order valence-corrected chi connectivity index (χ0v) is 15.7. The molecule has 2 aromatic carbocycles. The average molecular weight is 374 g/mol. The van der Waals surface area contributed by atoms with E-state index in [-0.39, 0.29) is 0 Å². The fourth-order valence-corrected chi connectivity index (χ4v) is 13.2. The molecule has 0 unspecified atom stereocenters. The van der Waals surface area contributed by atoms with Gasteiger partial charge in [0.05, 0.1) is 0 Å². The van der Waals surface area contributed by atoms with Crippen molar-refractivity contribution in [2.24, 2.45) is 0 Å². The Kier molecular flexibility index (Phi) is 5.67. The predicted octanol–water partition coefficient (Wildman–Crippen LogP) is 2.83. The van der Waals surface area contributed by atoms with Gasteiger partial charge < -0.3 is 0 Å². The molecule has 0 N–H and O–H groups in total. The van der Waals surface area contributed by atoms with Crippen LogP contribution in [0.2, 0.25) is 9.38 Å². The van der Waals surface area contributed by atoms with Crippen molar-refractivity contribution >= 4 is 25.5 Å². The third-order valence-electron chi connectivity index (χ3n) is 4.10. The Balaban J connectivity index is 2.29. The Morgan fingerprint density at radius 3 is 1.65 bits per heavy atom. The van der Waals surface area contributed by atoms with Crippen LogP contribution in [0.1, 0.15) is 6.42 Å². The van der Waals surface area contributed by atoms with Crippen LogP contribution in [0.25, 0.3) is 0 Å². The Morgan fingerprint density at radius 2 is 1.25 bits per heavy atom. The van der Waals surface area contributed by atoms with Crippen LogP contribution in [0, 0.1) is 0 Å². The van der Waals surface area contributed by atoms with E-state index in [2.05, 4.69) is 84.6 Å². The van der Waals surface area contributed by atoms with Crippen LogP contribution in [0.4, 0.5) is 0 Å². The van der Waals surface area contributed by atoms with E-state index in [1.54, 1.807) is 7.16 Å². The number of benzene rings is 2. The van der Waals surface area contributed by atoms with Gasteiger partial charge >= 0.3 is 128 Å². The van der Waals surface area contributed by atoms with Gasteiger partial charge in [-0.15, -0.1) is 0 Å². The van der Waals surface area contributed by atoms with Crippen LogP contribution in [-0.2, 0) is 0 Å². The summed E-state index contributed by atoms with van der Waals surface area (Å²) in [6.45, 7) is 1.19. The van der Waals surface area contributed by atoms with E-state index >= 15 is 0 Å². The zero-order valence-electron chi connectivity index (χ0n) is 12.8. The van der Waals surface area contributed by atoms with Crippen molar-refractivity contribution in [1.82, 2.24) is 4.90 Å². The molecule has 0 radical (unpaired) electrons. The van der Waals surface area contributed by atoms with E-state index in [1.807, 2.05) is 0 Å². The Labute approximate surface area is 127 Å². The predicted molar refractivity (Wildman–Crippen MR) is 91.7 cm³/mol.